The summed E-state index contributed by atoms with van der Waals surface area (Å²) in [5.74, 6) is 1.06. The first-order valence-electron chi connectivity index (χ1n) is 9.01. The largest absolute Gasteiger partial charge is 1.00 e. The molecule has 2 aromatic carbocycles. The number of imidazole rings is 1. The zero-order valence-electron chi connectivity index (χ0n) is 15.0. The molecule has 2 nitrogen and oxygen atoms in total. The second kappa shape index (κ2) is 8.41. The molecule has 0 atom stereocenters. The van der Waals surface area contributed by atoms with Gasteiger partial charge >= 0.3 is 6.18 Å². The molecule has 0 unspecified atom stereocenters. The van der Waals surface area contributed by atoms with E-state index in [0.717, 1.165) is 59.8 Å². The van der Waals surface area contributed by atoms with Crippen LogP contribution in [0.4, 0.5) is 13.2 Å². The molecule has 3 aromatic rings. The van der Waals surface area contributed by atoms with Crippen molar-refractivity contribution in [3.8, 4) is 16.9 Å². The van der Waals surface area contributed by atoms with Crippen LogP contribution in [0.25, 0.3) is 16.9 Å². The Bertz CT molecular complexity index is 963. The monoisotopic (exact) mass is 514 g/mol. The number of hydrogen-bond acceptors (Lipinski definition) is 0. The van der Waals surface area contributed by atoms with Crippen molar-refractivity contribution in [2.24, 2.45) is 0 Å². The highest BCUT2D eigenvalue weighted by molar-refractivity contribution is 9.10. The molecular weight excluding hydrogens is 497 g/mol. The first-order chi connectivity index (χ1) is 12.9. The highest BCUT2D eigenvalue weighted by atomic mass is 79.9. The van der Waals surface area contributed by atoms with Crippen LogP contribution in [0.5, 0.6) is 0 Å². The molecule has 0 bridgehead atoms. The second-order valence-electron chi connectivity index (χ2n) is 6.82. The van der Waals surface area contributed by atoms with Gasteiger partial charge in [0.25, 0.3) is 5.82 Å². The SMILES string of the molecule is FC(F)(F)c1cccc(-n2cc(-c3ccc(Br)cc3)[n+]3c2CCCCC3)c1.[Br-]. The molecule has 1 aliphatic rings. The van der Waals surface area contributed by atoms with E-state index in [1.165, 1.54) is 12.1 Å². The standard InChI is InChI=1S/C21H19BrF3N2.BrH/c22-17-10-8-15(9-11-17)19-14-27(20-7-2-1-3-12-26(19)20)18-6-4-5-16(13-18)21(23,24)25;/h4-6,8-11,13-14H,1-3,7,12H2;1H/q+1;/p-1. The van der Waals surface area contributed by atoms with Gasteiger partial charge in [-0.25, -0.2) is 4.57 Å². The highest BCUT2D eigenvalue weighted by Crippen LogP contribution is 2.31. The number of halogens is 5. The molecule has 0 fully saturated rings. The third-order valence-corrected chi connectivity index (χ3v) is 5.53. The molecule has 0 N–H and O–H groups in total. The van der Waals surface area contributed by atoms with Crippen LogP contribution in [-0.2, 0) is 19.1 Å². The van der Waals surface area contributed by atoms with Crippen molar-refractivity contribution in [3.63, 3.8) is 0 Å². The van der Waals surface area contributed by atoms with Crippen molar-refractivity contribution >= 4 is 15.9 Å². The predicted octanol–water partition coefficient (Wildman–Crippen LogP) is 2.94. The van der Waals surface area contributed by atoms with Gasteiger partial charge in [0.15, 0.2) is 5.69 Å². The van der Waals surface area contributed by atoms with Gasteiger partial charge in [-0.3, -0.25) is 0 Å². The van der Waals surface area contributed by atoms with E-state index in [-0.39, 0.29) is 17.0 Å². The number of benzene rings is 2. The average molecular weight is 516 g/mol. The first kappa shape index (κ1) is 21.1. The van der Waals surface area contributed by atoms with Gasteiger partial charge in [0.1, 0.15) is 11.9 Å². The van der Waals surface area contributed by atoms with Crippen molar-refractivity contribution in [1.29, 1.82) is 0 Å². The van der Waals surface area contributed by atoms with Crippen molar-refractivity contribution in [2.75, 3.05) is 0 Å². The molecule has 2 heterocycles. The van der Waals surface area contributed by atoms with Gasteiger partial charge in [-0.15, -0.1) is 0 Å². The van der Waals surface area contributed by atoms with Gasteiger partial charge < -0.3 is 17.0 Å². The van der Waals surface area contributed by atoms with Gasteiger partial charge in [-0.2, -0.15) is 17.7 Å². The number of aromatic nitrogens is 2. The van der Waals surface area contributed by atoms with Crippen molar-refractivity contribution < 1.29 is 34.7 Å². The summed E-state index contributed by atoms with van der Waals surface area (Å²) in [6.45, 7) is 0.882. The van der Waals surface area contributed by atoms with E-state index < -0.39 is 11.7 Å². The second-order valence-corrected chi connectivity index (χ2v) is 7.73. The maximum absolute atomic E-state index is 13.2. The van der Waals surface area contributed by atoms with Gasteiger partial charge in [0, 0.05) is 16.5 Å². The summed E-state index contributed by atoms with van der Waals surface area (Å²) < 4.78 is 44.7. The van der Waals surface area contributed by atoms with Gasteiger partial charge in [-0.1, -0.05) is 22.0 Å². The fourth-order valence-corrected chi connectivity index (χ4v) is 3.94. The molecule has 0 saturated carbocycles. The van der Waals surface area contributed by atoms with Crippen molar-refractivity contribution in [1.82, 2.24) is 4.57 Å². The van der Waals surface area contributed by atoms with Crippen LogP contribution in [-0.4, -0.2) is 4.57 Å². The lowest BCUT2D eigenvalue weighted by Crippen LogP contribution is -3.00. The van der Waals surface area contributed by atoms with E-state index in [4.69, 9.17) is 0 Å². The number of rotatable bonds is 2. The van der Waals surface area contributed by atoms with E-state index in [1.54, 1.807) is 6.07 Å². The van der Waals surface area contributed by atoms with Crippen LogP contribution < -0.4 is 21.5 Å². The van der Waals surface area contributed by atoms with Crippen molar-refractivity contribution in [2.45, 2.75) is 38.4 Å². The first-order valence-corrected chi connectivity index (χ1v) is 9.80. The maximum atomic E-state index is 13.2. The molecule has 4 rings (SSSR count). The van der Waals surface area contributed by atoms with E-state index in [9.17, 15) is 13.2 Å². The lowest BCUT2D eigenvalue weighted by atomic mass is 10.1. The van der Waals surface area contributed by atoms with E-state index in [1.807, 2.05) is 35.0 Å². The molecule has 7 heteroatoms. The number of alkyl halides is 3. The lowest BCUT2D eigenvalue weighted by Gasteiger charge is -2.08. The lowest BCUT2D eigenvalue weighted by molar-refractivity contribution is -0.692. The Labute approximate surface area is 180 Å². The Morgan fingerprint density at radius 1 is 0.964 bits per heavy atom. The van der Waals surface area contributed by atoms with E-state index in [2.05, 4.69) is 20.5 Å². The molecule has 0 amide bonds. The summed E-state index contributed by atoms with van der Waals surface area (Å²) in [5, 5.41) is 0. The predicted molar refractivity (Wildman–Crippen MR) is 102 cm³/mol. The summed E-state index contributed by atoms with van der Waals surface area (Å²) in [6.07, 6.45) is 1.73. The normalized spacial score (nSPS) is 14.1. The Morgan fingerprint density at radius 3 is 2.43 bits per heavy atom. The van der Waals surface area contributed by atoms with Crippen LogP contribution in [0.2, 0.25) is 0 Å². The number of hydrogen-bond donors (Lipinski definition) is 0. The zero-order valence-corrected chi connectivity index (χ0v) is 18.2. The summed E-state index contributed by atoms with van der Waals surface area (Å²) in [5.41, 5.74) is 2.04. The van der Waals surface area contributed by atoms with Gasteiger partial charge in [0.05, 0.1) is 12.1 Å². The summed E-state index contributed by atoms with van der Waals surface area (Å²) in [7, 11) is 0. The highest BCUT2D eigenvalue weighted by Gasteiger charge is 2.32. The van der Waals surface area contributed by atoms with E-state index in [0.29, 0.717) is 5.69 Å². The van der Waals surface area contributed by atoms with Crippen LogP contribution in [0.3, 0.4) is 0 Å². The molecular formula is C21H19Br2F3N2. The Morgan fingerprint density at radius 2 is 1.71 bits per heavy atom. The van der Waals surface area contributed by atoms with Gasteiger partial charge in [0.2, 0.25) is 0 Å². The van der Waals surface area contributed by atoms with Crippen molar-refractivity contribution in [3.05, 3.63) is 70.6 Å². The summed E-state index contributed by atoms with van der Waals surface area (Å²) >= 11 is 3.46. The molecule has 0 aliphatic carbocycles. The molecule has 1 aliphatic heterocycles. The number of fused-ring (bicyclic) bond motifs is 1. The fraction of sp³-hybridized carbons (Fsp3) is 0.286. The Hall–Kier alpha value is -1.60. The molecule has 148 valence electrons. The zero-order chi connectivity index (χ0) is 19.0. The van der Waals surface area contributed by atoms with Gasteiger partial charge in [-0.05, 0) is 61.7 Å². The topological polar surface area (TPSA) is 8.81 Å². The quantitative estimate of drug-likeness (QED) is 0.464. The van der Waals surface area contributed by atoms with Crippen LogP contribution in [0, 0.1) is 0 Å². The summed E-state index contributed by atoms with van der Waals surface area (Å²) in [6, 6.07) is 13.6. The number of nitrogens with zero attached hydrogens (tertiary/aromatic N) is 2. The minimum absolute atomic E-state index is 0. The fourth-order valence-electron chi connectivity index (χ4n) is 3.68. The Balaban J connectivity index is 0.00000225. The van der Waals surface area contributed by atoms with Crippen LogP contribution in [0.15, 0.2) is 59.2 Å². The minimum atomic E-state index is -4.35. The third-order valence-electron chi connectivity index (χ3n) is 5.01. The molecule has 28 heavy (non-hydrogen) atoms. The Kier molecular flexibility index (Phi) is 6.34. The molecule has 1 aromatic heterocycles. The average Bonchev–Trinajstić information content (AvgIpc) is 2.83. The molecule has 0 saturated heterocycles. The molecule has 0 radical (unpaired) electrons. The molecule has 0 spiro atoms. The maximum Gasteiger partial charge on any atom is 0.416 e. The van der Waals surface area contributed by atoms with E-state index >= 15 is 0 Å². The third kappa shape index (κ3) is 4.20. The van der Waals surface area contributed by atoms with Crippen LogP contribution in [0.1, 0.15) is 30.7 Å². The van der Waals surface area contributed by atoms with Crippen LogP contribution >= 0.6 is 15.9 Å². The summed E-state index contributed by atoms with van der Waals surface area (Å²) in [4.78, 5) is 0. The minimum Gasteiger partial charge on any atom is -1.00 e. The smallest absolute Gasteiger partial charge is 0.416 e.